The van der Waals surface area contributed by atoms with E-state index in [1.165, 1.54) is 28.4 Å². The van der Waals surface area contributed by atoms with Crippen LogP contribution in [-0.4, -0.2) is 55.6 Å². The average Bonchev–Trinajstić information content (AvgIpc) is 2.85. The average molecular weight is 280 g/mol. The summed E-state index contributed by atoms with van der Waals surface area (Å²) < 4.78 is 0. The number of rotatable bonds is 2. The van der Waals surface area contributed by atoms with Gasteiger partial charge in [-0.15, -0.1) is 11.3 Å². The SMILES string of the molecule is CNC1CCCc2nc(C3CN(C)CCN3C)sc21. The van der Waals surface area contributed by atoms with Crippen LogP contribution in [0.3, 0.4) is 0 Å². The van der Waals surface area contributed by atoms with Crippen LogP contribution in [0.25, 0.3) is 0 Å². The van der Waals surface area contributed by atoms with E-state index in [0.29, 0.717) is 12.1 Å². The fourth-order valence-electron chi connectivity index (χ4n) is 3.13. The maximum Gasteiger partial charge on any atom is 0.112 e. The van der Waals surface area contributed by atoms with Crippen LogP contribution in [0.2, 0.25) is 0 Å². The summed E-state index contributed by atoms with van der Waals surface area (Å²) in [5, 5.41) is 4.76. The molecule has 19 heavy (non-hydrogen) atoms. The van der Waals surface area contributed by atoms with Crippen LogP contribution in [0.5, 0.6) is 0 Å². The van der Waals surface area contributed by atoms with E-state index in [9.17, 15) is 0 Å². The van der Waals surface area contributed by atoms with Gasteiger partial charge in [0.2, 0.25) is 0 Å². The molecule has 0 bridgehead atoms. The Morgan fingerprint density at radius 1 is 1.32 bits per heavy atom. The molecule has 3 rings (SSSR count). The lowest BCUT2D eigenvalue weighted by Gasteiger charge is -2.36. The van der Waals surface area contributed by atoms with Crippen molar-refractivity contribution in [1.29, 1.82) is 0 Å². The number of hydrogen-bond acceptors (Lipinski definition) is 5. The van der Waals surface area contributed by atoms with Gasteiger partial charge in [0, 0.05) is 30.6 Å². The van der Waals surface area contributed by atoms with Gasteiger partial charge >= 0.3 is 0 Å². The van der Waals surface area contributed by atoms with Gasteiger partial charge in [-0.05, 0) is 40.4 Å². The number of aryl methyl sites for hydroxylation is 1. The van der Waals surface area contributed by atoms with Gasteiger partial charge in [-0.3, -0.25) is 4.90 Å². The van der Waals surface area contributed by atoms with Crippen molar-refractivity contribution in [3.05, 3.63) is 15.6 Å². The second kappa shape index (κ2) is 5.48. The lowest BCUT2D eigenvalue weighted by atomic mass is 9.98. The highest BCUT2D eigenvalue weighted by atomic mass is 32.1. The van der Waals surface area contributed by atoms with Crippen LogP contribution in [0.1, 0.15) is 40.5 Å². The molecule has 1 saturated heterocycles. The minimum atomic E-state index is 0.479. The van der Waals surface area contributed by atoms with E-state index in [1.807, 2.05) is 11.3 Å². The molecule has 0 radical (unpaired) electrons. The fourth-order valence-corrected chi connectivity index (χ4v) is 4.55. The molecule has 2 atom stereocenters. The van der Waals surface area contributed by atoms with Crippen LogP contribution in [0.15, 0.2) is 0 Å². The van der Waals surface area contributed by atoms with Crippen molar-refractivity contribution in [2.24, 2.45) is 0 Å². The van der Waals surface area contributed by atoms with Crippen LogP contribution >= 0.6 is 11.3 Å². The lowest BCUT2D eigenvalue weighted by Crippen LogP contribution is -2.44. The van der Waals surface area contributed by atoms with Crippen molar-refractivity contribution in [2.45, 2.75) is 31.3 Å². The maximum absolute atomic E-state index is 4.97. The number of likely N-dealkylation sites (N-methyl/N-ethyl adjacent to an activating group) is 2. The van der Waals surface area contributed by atoms with Crippen LogP contribution < -0.4 is 5.32 Å². The molecule has 1 aliphatic heterocycles. The highest BCUT2D eigenvalue weighted by Crippen LogP contribution is 2.37. The van der Waals surface area contributed by atoms with E-state index in [4.69, 9.17) is 4.98 Å². The van der Waals surface area contributed by atoms with Gasteiger partial charge in [0.15, 0.2) is 0 Å². The lowest BCUT2D eigenvalue weighted by molar-refractivity contribution is 0.115. The Balaban J connectivity index is 1.87. The molecule has 0 saturated carbocycles. The number of piperazine rings is 1. The zero-order chi connectivity index (χ0) is 13.4. The first-order chi connectivity index (χ1) is 9.19. The Bertz CT molecular complexity index is 445. The highest BCUT2D eigenvalue weighted by Gasteiger charge is 2.30. The molecule has 0 amide bonds. The molecule has 2 aliphatic rings. The van der Waals surface area contributed by atoms with Gasteiger partial charge in [-0.2, -0.15) is 0 Å². The highest BCUT2D eigenvalue weighted by molar-refractivity contribution is 7.12. The molecule has 0 spiro atoms. The summed E-state index contributed by atoms with van der Waals surface area (Å²) in [5.41, 5.74) is 1.35. The summed E-state index contributed by atoms with van der Waals surface area (Å²) in [6.45, 7) is 3.41. The van der Waals surface area contributed by atoms with Gasteiger partial charge in [-0.25, -0.2) is 4.98 Å². The number of aromatic nitrogens is 1. The van der Waals surface area contributed by atoms with Crippen molar-refractivity contribution >= 4 is 11.3 Å². The van der Waals surface area contributed by atoms with Crippen molar-refractivity contribution in [3.8, 4) is 0 Å². The van der Waals surface area contributed by atoms with Crippen molar-refractivity contribution in [1.82, 2.24) is 20.1 Å². The Kier molecular flexibility index (Phi) is 3.89. The zero-order valence-corrected chi connectivity index (χ0v) is 13.0. The van der Waals surface area contributed by atoms with E-state index < -0.39 is 0 Å². The van der Waals surface area contributed by atoms with Gasteiger partial charge in [0.25, 0.3) is 0 Å². The smallest absolute Gasteiger partial charge is 0.112 e. The van der Waals surface area contributed by atoms with E-state index in [-0.39, 0.29) is 0 Å². The molecule has 1 aliphatic carbocycles. The van der Waals surface area contributed by atoms with Crippen molar-refractivity contribution in [3.63, 3.8) is 0 Å². The summed E-state index contributed by atoms with van der Waals surface area (Å²) in [4.78, 5) is 11.3. The molecule has 2 heterocycles. The summed E-state index contributed by atoms with van der Waals surface area (Å²) in [7, 11) is 6.51. The number of thiazole rings is 1. The van der Waals surface area contributed by atoms with Crippen molar-refractivity contribution < 1.29 is 0 Å². The van der Waals surface area contributed by atoms with Crippen LogP contribution in [-0.2, 0) is 6.42 Å². The first kappa shape index (κ1) is 13.5. The zero-order valence-electron chi connectivity index (χ0n) is 12.1. The van der Waals surface area contributed by atoms with E-state index in [2.05, 4.69) is 36.3 Å². The molecule has 1 N–H and O–H groups in total. The fraction of sp³-hybridized carbons (Fsp3) is 0.786. The molecular weight excluding hydrogens is 256 g/mol. The quantitative estimate of drug-likeness (QED) is 0.893. The largest absolute Gasteiger partial charge is 0.312 e. The maximum atomic E-state index is 4.97. The van der Waals surface area contributed by atoms with Crippen molar-refractivity contribution in [2.75, 3.05) is 40.8 Å². The minimum absolute atomic E-state index is 0.479. The summed E-state index contributed by atoms with van der Waals surface area (Å²) >= 11 is 1.94. The first-order valence-electron chi connectivity index (χ1n) is 7.24. The molecular formula is C14H24N4S. The summed E-state index contributed by atoms with van der Waals surface area (Å²) in [5.74, 6) is 0. The molecule has 1 aromatic rings. The second-order valence-corrected chi connectivity index (χ2v) is 6.92. The third-order valence-corrected chi connectivity index (χ3v) is 5.76. The van der Waals surface area contributed by atoms with Gasteiger partial charge in [0.05, 0.1) is 11.7 Å². The Hall–Kier alpha value is -0.490. The number of nitrogens with one attached hydrogen (secondary N) is 1. The second-order valence-electron chi connectivity index (χ2n) is 5.86. The topological polar surface area (TPSA) is 31.4 Å². The monoisotopic (exact) mass is 280 g/mol. The summed E-state index contributed by atoms with van der Waals surface area (Å²) in [6, 6.07) is 1.01. The Labute approximate surface area is 119 Å². The minimum Gasteiger partial charge on any atom is -0.312 e. The van der Waals surface area contributed by atoms with Crippen LogP contribution in [0, 0.1) is 0 Å². The molecule has 5 heteroatoms. The predicted octanol–water partition coefficient (Wildman–Crippen LogP) is 1.66. The number of fused-ring (bicyclic) bond motifs is 1. The number of hydrogen-bond donors (Lipinski definition) is 1. The normalized spacial score (nSPS) is 29.4. The molecule has 1 aromatic heterocycles. The molecule has 0 aromatic carbocycles. The third kappa shape index (κ3) is 2.57. The van der Waals surface area contributed by atoms with Gasteiger partial charge < -0.3 is 10.2 Å². The molecule has 2 unspecified atom stereocenters. The van der Waals surface area contributed by atoms with Gasteiger partial charge in [0.1, 0.15) is 5.01 Å². The standard InChI is InChI=1S/C14H24N4S/c1-15-10-5-4-6-11-13(10)19-14(16-11)12-9-17(2)7-8-18(12)3/h10,12,15H,4-9H2,1-3H3. The first-order valence-corrected chi connectivity index (χ1v) is 8.06. The Morgan fingerprint density at radius 2 is 2.16 bits per heavy atom. The van der Waals surface area contributed by atoms with E-state index >= 15 is 0 Å². The Morgan fingerprint density at radius 3 is 2.95 bits per heavy atom. The third-order valence-electron chi connectivity index (χ3n) is 4.45. The van der Waals surface area contributed by atoms with E-state index in [1.54, 1.807) is 0 Å². The van der Waals surface area contributed by atoms with Crippen LogP contribution in [0.4, 0.5) is 0 Å². The molecule has 106 valence electrons. The predicted molar refractivity (Wildman–Crippen MR) is 79.7 cm³/mol. The summed E-state index contributed by atoms with van der Waals surface area (Å²) in [6.07, 6.45) is 3.68. The van der Waals surface area contributed by atoms with E-state index in [0.717, 1.165) is 26.1 Å². The number of nitrogens with zero attached hydrogens (tertiary/aromatic N) is 3. The molecule has 4 nitrogen and oxygen atoms in total. The van der Waals surface area contributed by atoms with Gasteiger partial charge in [-0.1, -0.05) is 0 Å². The molecule has 1 fully saturated rings.